The first-order valence-corrected chi connectivity index (χ1v) is 8.46. The fraction of sp³-hybridized carbons (Fsp3) is 0.294. The number of rotatable bonds is 6. The number of imide groups is 1. The van der Waals surface area contributed by atoms with E-state index in [1.165, 1.54) is 5.56 Å². The Morgan fingerprint density at radius 1 is 1.26 bits per heavy atom. The molecule has 0 bridgehead atoms. The van der Waals surface area contributed by atoms with E-state index in [-0.39, 0.29) is 11.9 Å². The first kappa shape index (κ1) is 17.2. The molecule has 0 unspecified atom stereocenters. The quantitative estimate of drug-likeness (QED) is 0.749. The van der Waals surface area contributed by atoms with Gasteiger partial charge in [0.15, 0.2) is 6.04 Å². The summed E-state index contributed by atoms with van der Waals surface area (Å²) in [4.78, 5) is 24.0. The first-order valence-electron chi connectivity index (χ1n) is 7.58. The van der Waals surface area contributed by atoms with Gasteiger partial charge in [0.25, 0.3) is 5.91 Å². The van der Waals surface area contributed by atoms with Crippen molar-refractivity contribution in [3.63, 3.8) is 0 Å². The van der Waals surface area contributed by atoms with Gasteiger partial charge in [-0.1, -0.05) is 37.3 Å². The first-order chi connectivity index (χ1) is 11.0. The van der Waals surface area contributed by atoms with Gasteiger partial charge in [-0.05, 0) is 30.4 Å². The molecule has 0 saturated carbocycles. The Hall–Kier alpha value is -2.18. The highest BCUT2D eigenvalue weighted by Crippen LogP contribution is 2.23. The Bertz CT molecular complexity index is 653. The number of primary amides is 1. The number of quaternary nitrogens is 1. The fourth-order valence-corrected chi connectivity index (χ4v) is 3.24. The fourth-order valence-electron chi connectivity index (χ4n) is 2.41. The summed E-state index contributed by atoms with van der Waals surface area (Å²) in [6.45, 7) is 3.88. The Balaban J connectivity index is 2.21. The molecule has 0 aliphatic rings. The smallest absolute Gasteiger partial charge is 0.319 e. The van der Waals surface area contributed by atoms with Crippen LogP contribution in [-0.4, -0.2) is 18.0 Å². The summed E-state index contributed by atoms with van der Waals surface area (Å²) < 4.78 is 0. The molecule has 0 fully saturated rings. The third kappa shape index (κ3) is 4.64. The topological polar surface area (TPSA) is 88.8 Å². The van der Waals surface area contributed by atoms with Gasteiger partial charge in [-0.2, -0.15) is 0 Å². The van der Waals surface area contributed by atoms with Crippen molar-refractivity contribution in [2.24, 2.45) is 5.73 Å². The molecule has 5 N–H and O–H groups in total. The van der Waals surface area contributed by atoms with Crippen LogP contribution >= 0.6 is 11.3 Å². The van der Waals surface area contributed by atoms with E-state index in [9.17, 15) is 9.59 Å². The number of benzene rings is 1. The largest absolute Gasteiger partial charge is 0.351 e. The van der Waals surface area contributed by atoms with Gasteiger partial charge in [0, 0.05) is 5.56 Å². The monoisotopic (exact) mass is 332 g/mol. The van der Waals surface area contributed by atoms with E-state index in [0.29, 0.717) is 0 Å². The van der Waals surface area contributed by atoms with Gasteiger partial charge >= 0.3 is 6.03 Å². The lowest BCUT2D eigenvalue weighted by Crippen LogP contribution is -2.92. The molecule has 2 aromatic rings. The van der Waals surface area contributed by atoms with E-state index >= 15 is 0 Å². The van der Waals surface area contributed by atoms with Crippen molar-refractivity contribution in [3.05, 3.63) is 57.8 Å². The minimum atomic E-state index is -0.824. The second-order valence-corrected chi connectivity index (χ2v) is 6.40. The SMILES string of the molecule is CCc1ccc([C@@H]([NH2+][C@@H](C)C(=O)NC(N)=O)c2cccs2)cc1. The predicted molar refractivity (Wildman–Crippen MR) is 91.1 cm³/mol. The molecule has 2 atom stereocenters. The average Bonchev–Trinajstić information content (AvgIpc) is 3.06. The number of nitrogens with one attached hydrogen (secondary N) is 1. The maximum absolute atomic E-state index is 12.0. The molecule has 0 aliphatic carbocycles. The highest BCUT2D eigenvalue weighted by Gasteiger charge is 2.26. The van der Waals surface area contributed by atoms with Gasteiger partial charge < -0.3 is 11.1 Å². The van der Waals surface area contributed by atoms with Crippen molar-refractivity contribution in [1.82, 2.24) is 5.32 Å². The van der Waals surface area contributed by atoms with Gasteiger partial charge in [-0.25, -0.2) is 4.79 Å². The minimum absolute atomic E-state index is 0.00883. The molecular weight excluding hydrogens is 310 g/mol. The molecule has 1 aromatic heterocycles. The van der Waals surface area contributed by atoms with Crippen LogP contribution < -0.4 is 16.4 Å². The molecule has 23 heavy (non-hydrogen) atoms. The van der Waals surface area contributed by atoms with Crippen LogP contribution in [0.2, 0.25) is 0 Å². The summed E-state index contributed by atoms with van der Waals surface area (Å²) in [5.74, 6) is -0.385. The molecule has 122 valence electrons. The number of aryl methyl sites for hydroxylation is 1. The lowest BCUT2D eigenvalue weighted by Gasteiger charge is -2.19. The normalized spacial score (nSPS) is 13.3. The van der Waals surface area contributed by atoms with Crippen molar-refractivity contribution < 1.29 is 14.9 Å². The van der Waals surface area contributed by atoms with Crippen molar-refractivity contribution in [2.75, 3.05) is 0 Å². The van der Waals surface area contributed by atoms with E-state index in [2.05, 4.69) is 42.6 Å². The average molecular weight is 332 g/mol. The molecule has 5 nitrogen and oxygen atoms in total. The zero-order valence-electron chi connectivity index (χ0n) is 13.3. The minimum Gasteiger partial charge on any atom is -0.351 e. The molecule has 0 aliphatic heterocycles. The van der Waals surface area contributed by atoms with E-state index < -0.39 is 12.1 Å². The highest BCUT2D eigenvalue weighted by atomic mass is 32.1. The Morgan fingerprint density at radius 3 is 2.48 bits per heavy atom. The number of urea groups is 1. The number of hydrogen-bond acceptors (Lipinski definition) is 3. The van der Waals surface area contributed by atoms with E-state index in [4.69, 9.17) is 5.73 Å². The van der Waals surface area contributed by atoms with Gasteiger partial charge in [0.2, 0.25) is 0 Å². The van der Waals surface area contributed by atoms with Crippen LogP contribution in [-0.2, 0) is 11.2 Å². The van der Waals surface area contributed by atoms with Crippen LogP contribution in [0.15, 0.2) is 41.8 Å². The maximum atomic E-state index is 12.0. The Kier molecular flexibility index (Phi) is 5.90. The number of nitrogens with two attached hydrogens (primary N) is 2. The Morgan fingerprint density at radius 2 is 1.96 bits per heavy atom. The molecule has 0 radical (unpaired) electrons. The van der Waals surface area contributed by atoms with Crippen molar-refractivity contribution >= 4 is 23.3 Å². The van der Waals surface area contributed by atoms with Gasteiger partial charge in [-0.3, -0.25) is 10.1 Å². The summed E-state index contributed by atoms with van der Waals surface area (Å²) in [5, 5.41) is 6.10. The van der Waals surface area contributed by atoms with Crippen LogP contribution in [0.5, 0.6) is 0 Å². The van der Waals surface area contributed by atoms with Gasteiger partial charge in [0.05, 0.1) is 4.88 Å². The molecule has 0 spiro atoms. The zero-order valence-corrected chi connectivity index (χ0v) is 14.1. The number of amides is 3. The zero-order chi connectivity index (χ0) is 16.8. The standard InChI is InChI=1S/C17H21N3O2S/c1-3-12-6-8-13(9-7-12)15(14-5-4-10-23-14)19-11(2)16(21)20-17(18)22/h4-11,15,19H,3H2,1-2H3,(H3,18,20,21,22)/p+1/t11-,15+/m0/s1. The second-order valence-electron chi connectivity index (χ2n) is 5.42. The van der Waals surface area contributed by atoms with Gasteiger partial charge in [-0.15, -0.1) is 11.3 Å². The summed E-state index contributed by atoms with van der Waals surface area (Å²) in [5.41, 5.74) is 7.42. The summed E-state index contributed by atoms with van der Waals surface area (Å²) in [7, 11) is 0. The van der Waals surface area contributed by atoms with Crippen LogP contribution in [0.4, 0.5) is 4.79 Å². The highest BCUT2D eigenvalue weighted by molar-refractivity contribution is 7.10. The summed E-state index contributed by atoms with van der Waals surface area (Å²) >= 11 is 1.65. The molecule has 6 heteroatoms. The van der Waals surface area contributed by atoms with Crippen LogP contribution in [0, 0.1) is 0 Å². The lowest BCUT2D eigenvalue weighted by atomic mass is 10.0. The van der Waals surface area contributed by atoms with E-state index in [0.717, 1.165) is 16.9 Å². The molecule has 1 aromatic carbocycles. The van der Waals surface area contributed by atoms with E-state index in [1.807, 2.05) is 16.8 Å². The second kappa shape index (κ2) is 7.89. The van der Waals surface area contributed by atoms with Crippen LogP contribution in [0.3, 0.4) is 0 Å². The summed E-state index contributed by atoms with van der Waals surface area (Å²) in [6.07, 6.45) is 0.991. The van der Waals surface area contributed by atoms with Crippen molar-refractivity contribution in [3.8, 4) is 0 Å². The predicted octanol–water partition coefficient (Wildman–Crippen LogP) is 1.55. The lowest BCUT2D eigenvalue weighted by molar-refractivity contribution is -0.704. The van der Waals surface area contributed by atoms with Crippen LogP contribution in [0.1, 0.15) is 35.9 Å². The third-order valence-corrected chi connectivity index (χ3v) is 4.69. The molecule has 2 rings (SSSR count). The molecular formula is C17H22N3O2S+. The maximum Gasteiger partial charge on any atom is 0.319 e. The van der Waals surface area contributed by atoms with Gasteiger partial charge in [0.1, 0.15) is 6.04 Å². The summed E-state index contributed by atoms with van der Waals surface area (Å²) in [6, 6.07) is 11.2. The Labute approximate surface area is 139 Å². The van der Waals surface area contributed by atoms with Crippen molar-refractivity contribution in [2.45, 2.75) is 32.4 Å². The third-order valence-electron chi connectivity index (χ3n) is 3.74. The van der Waals surface area contributed by atoms with Crippen LogP contribution in [0.25, 0.3) is 0 Å². The van der Waals surface area contributed by atoms with E-state index in [1.54, 1.807) is 18.3 Å². The molecule has 0 saturated heterocycles. The van der Waals surface area contributed by atoms with Crippen molar-refractivity contribution in [1.29, 1.82) is 0 Å². The number of carbonyl (C=O) groups excluding carboxylic acids is 2. The number of thiophene rings is 1. The number of carbonyl (C=O) groups is 2. The molecule has 3 amide bonds. The number of hydrogen-bond donors (Lipinski definition) is 3. The molecule has 1 heterocycles.